The van der Waals surface area contributed by atoms with Crippen molar-refractivity contribution in [3.8, 4) is 0 Å². The molecule has 1 N–H and O–H groups in total. The van der Waals surface area contributed by atoms with Crippen LogP contribution in [0.3, 0.4) is 0 Å². The minimum absolute atomic E-state index is 0.0346. The fourth-order valence-electron chi connectivity index (χ4n) is 2.29. The van der Waals surface area contributed by atoms with E-state index in [2.05, 4.69) is 15.1 Å². The Morgan fingerprint density at radius 2 is 2.00 bits per heavy atom. The van der Waals surface area contributed by atoms with Crippen LogP contribution in [0.1, 0.15) is 17.2 Å². The van der Waals surface area contributed by atoms with E-state index in [-0.39, 0.29) is 6.61 Å². The van der Waals surface area contributed by atoms with Gasteiger partial charge in [-0.05, 0) is 29.8 Å². The number of rotatable bonds is 7. The number of aliphatic hydroxyl groups excluding tert-OH is 1. The van der Waals surface area contributed by atoms with Gasteiger partial charge in [0.2, 0.25) is 0 Å². The van der Waals surface area contributed by atoms with E-state index in [1.54, 1.807) is 28.8 Å². The van der Waals surface area contributed by atoms with E-state index in [0.29, 0.717) is 23.7 Å². The molecule has 0 radical (unpaired) electrons. The van der Waals surface area contributed by atoms with Crippen molar-refractivity contribution in [2.45, 2.75) is 23.6 Å². The van der Waals surface area contributed by atoms with Crippen LogP contribution in [0, 0.1) is 0 Å². The summed E-state index contributed by atoms with van der Waals surface area (Å²) in [5, 5.41) is 14.5. The van der Waals surface area contributed by atoms with Gasteiger partial charge in [0, 0.05) is 28.7 Å². The topological polar surface area (TPSA) is 63.8 Å². The third kappa shape index (κ3) is 4.56. The molecular weight excluding hydrogens is 344 g/mol. The van der Waals surface area contributed by atoms with Crippen LogP contribution in [-0.4, -0.2) is 31.5 Å². The Bertz CT molecular complexity index is 794. The van der Waals surface area contributed by atoms with Gasteiger partial charge in [-0.3, -0.25) is 4.98 Å². The first-order valence-electron chi connectivity index (χ1n) is 7.55. The van der Waals surface area contributed by atoms with Gasteiger partial charge in [0.15, 0.2) is 5.82 Å². The van der Waals surface area contributed by atoms with Gasteiger partial charge >= 0.3 is 0 Å². The second-order valence-electron chi connectivity index (χ2n) is 5.17. The molecule has 0 amide bonds. The molecular formula is C17H17ClN4OS. The van der Waals surface area contributed by atoms with Crippen LogP contribution in [0.4, 0.5) is 0 Å². The van der Waals surface area contributed by atoms with E-state index >= 15 is 0 Å². The van der Waals surface area contributed by atoms with Gasteiger partial charge in [-0.1, -0.05) is 23.7 Å². The normalized spacial score (nSPS) is 10.9. The van der Waals surface area contributed by atoms with Crippen molar-refractivity contribution in [3.63, 3.8) is 0 Å². The summed E-state index contributed by atoms with van der Waals surface area (Å²) in [7, 11) is 0. The number of aliphatic hydroxyl groups is 1. The van der Waals surface area contributed by atoms with Crippen LogP contribution in [0.25, 0.3) is 0 Å². The average molecular weight is 361 g/mol. The van der Waals surface area contributed by atoms with E-state index in [1.165, 1.54) is 0 Å². The Labute approximate surface area is 149 Å². The second kappa shape index (κ2) is 8.28. The molecule has 1 aromatic carbocycles. The predicted octanol–water partition coefficient (Wildman–Crippen LogP) is 3.20. The van der Waals surface area contributed by atoms with Crippen LogP contribution in [0.5, 0.6) is 0 Å². The molecule has 0 saturated carbocycles. The maximum absolute atomic E-state index is 9.24. The molecule has 2 aromatic heterocycles. The Balaban J connectivity index is 1.74. The van der Waals surface area contributed by atoms with Crippen molar-refractivity contribution < 1.29 is 5.11 Å². The highest BCUT2D eigenvalue weighted by Gasteiger charge is 2.11. The van der Waals surface area contributed by atoms with Crippen LogP contribution >= 0.6 is 23.4 Å². The van der Waals surface area contributed by atoms with Crippen molar-refractivity contribution in [3.05, 3.63) is 71.0 Å². The van der Waals surface area contributed by atoms with Gasteiger partial charge in [0.05, 0.1) is 18.9 Å². The lowest BCUT2D eigenvalue weighted by molar-refractivity contribution is 0.267. The average Bonchev–Trinajstić information content (AvgIpc) is 2.96. The van der Waals surface area contributed by atoms with E-state index in [1.807, 2.05) is 36.4 Å². The lowest BCUT2D eigenvalue weighted by atomic mass is 10.1. The highest BCUT2D eigenvalue weighted by atomic mass is 35.5. The minimum Gasteiger partial charge on any atom is -0.394 e. The molecule has 5 nitrogen and oxygen atoms in total. The standard InChI is InChI=1S/C17H17ClN4OS/c18-14-3-1-2-13(10-14)11-16-20-17(22(21-16)8-9-23)12-24-15-4-6-19-7-5-15/h1-7,10,23H,8-9,11-12H2. The van der Waals surface area contributed by atoms with Gasteiger partial charge < -0.3 is 5.11 Å². The zero-order chi connectivity index (χ0) is 16.8. The number of hydrogen-bond donors (Lipinski definition) is 1. The molecule has 0 fully saturated rings. The van der Waals surface area contributed by atoms with Gasteiger partial charge in [0.25, 0.3) is 0 Å². The molecule has 0 aliphatic heterocycles. The summed E-state index contributed by atoms with van der Waals surface area (Å²) in [5.74, 6) is 2.27. The van der Waals surface area contributed by atoms with Crippen molar-refractivity contribution in [2.75, 3.05) is 6.61 Å². The lowest BCUT2D eigenvalue weighted by Crippen LogP contribution is -2.08. The Kier molecular flexibility index (Phi) is 5.85. The van der Waals surface area contributed by atoms with Crippen molar-refractivity contribution in [1.29, 1.82) is 0 Å². The molecule has 0 spiro atoms. The summed E-state index contributed by atoms with van der Waals surface area (Å²) in [6, 6.07) is 11.6. The van der Waals surface area contributed by atoms with Crippen molar-refractivity contribution in [1.82, 2.24) is 19.7 Å². The number of halogens is 1. The van der Waals surface area contributed by atoms with Crippen LogP contribution in [-0.2, 0) is 18.7 Å². The predicted molar refractivity (Wildman–Crippen MR) is 95.2 cm³/mol. The number of aromatic nitrogens is 4. The van der Waals surface area contributed by atoms with E-state index in [4.69, 9.17) is 11.6 Å². The zero-order valence-electron chi connectivity index (χ0n) is 13.0. The molecule has 3 rings (SSSR count). The molecule has 24 heavy (non-hydrogen) atoms. The highest BCUT2D eigenvalue weighted by molar-refractivity contribution is 7.98. The maximum Gasteiger partial charge on any atom is 0.155 e. The first-order valence-corrected chi connectivity index (χ1v) is 8.91. The molecule has 7 heteroatoms. The summed E-state index contributed by atoms with van der Waals surface area (Å²) in [6.07, 6.45) is 4.16. The summed E-state index contributed by atoms with van der Waals surface area (Å²) >= 11 is 7.70. The minimum atomic E-state index is 0.0346. The molecule has 0 saturated heterocycles. The first-order chi connectivity index (χ1) is 11.7. The maximum atomic E-state index is 9.24. The van der Waals surface area contributed by atoms with Gasteiger partial charge in [-0.2, -0.15) is 5.10 Å². The summed E-state index contributed by atoms with van der Waals surface area (Å²) < 4.78 is 1.77. The fraction of sp³-hybridized carbons (Fsp3) is 0.235. The fourth-order valence-corrected chi connectivity index (χ4v) is 3.33. The summed E-state index contributed by atoms with van der Waals surface area (Å²) in [6.45, 7) is 0.474. The molecule has 3 aromatic rings. The number of hydrogen-bond acceptors (Lipinski definition) is 5. The Morgan fingerprint density at radius 3 is 2.75 bits per heavy atom. The number of benzene rings is 1. The van der Waals surface area contributed by atoms with Crippen LogP contribution in [0.15, 0.2) is 53.7 Å². The molecule has 0 aliphatic carbocycles. The van der Waals surface area contributed by atoms with Gasteiger partial charge in [0.1, 0.15) is 5.82 Å². The third-order valence-electron chi connectivity index (χ3n) is 3.37. The number of pyridine rings is 1. The van der Waals surface area contributed by atoms with E-state index in [9.17, 15) is 5.11 Å². The third-order valence-corrected chi connectivity index (χ3v) is 4.62. The molecule has 0 atom stereocenters. The first kappa shape index (κ1) is 17.0. The van der Waals surface area contributed by atoms with Crippen molar-refractivity contribution >= 4 is 23.4 Å². The molecule has 0 unspecified atom stereocenters. The summed E-state index contributed by atoms with van der Waals surface area (Å²) in [5.41, 5.74) is 1.07. The summed E-state index contributed by atoms with van der Waals surface area (Å²) in [4.78, 5) is 9.77. The van der Waals surface area contributed by atoms with Crippen LogP contribution in [0.2, 0.25) is 5.02 Å². The van der Waals surface area contributed by atoms with Crippen molar-refractivity contribution in [2.24, 2.45) is 0 Å². The van der Waals surface area contributed by atoms with E-state index in [0.717, 1.165) is 22.1 Å². The molecule has 2 heterocycles. The zero-order valence-corrected chi connectivity index (χ0v) is 14.5. The second-order valence-corrected chi connectivity index (χ2v) is 6.65. The quantitative estimate of drug-likeness (QED) is 0.655. The van der Waals surface area contributed by atoms with E-state index < -0.39 is 0 Å². The molecule has 0 bridgehead atoms. The smallest absolute Gasteiger partial charge is 0.155 e. The SMILES string of the molecule is OCCn1nc(Cc2cccc(Cl)c2)nc1CSc1ccncc1. The lowest BCUT2D eigenvalue weighted by Gasteiger charge is -2.03. The monoisotopic (exact) mass is 360 g/mol. The number of nitrogens with zero attached hydrogens (tertiary/aromatic N) is 4. The molecule has 124 valence electrons. The van der Waals surface area contributed by atoms with Crippen LogP contribution < -0.4 is 0 Å². The molecule has 0 aliphatic rings. The Morgan fingerprint density at radius 1 is 1.17 bits per heavy atom. The Hall–Kier alpha value is -1.89. The largest absolute Gasteiger partial charge is 0.394 e. The highest BCUT2D eigenvalue weighted by Crippen LogP contribution is 2.21. The number of thioether (sulfide) groups is 1. The van der Waals surface area contributed by atoms with Gasteiger partial charge in [-0.15, -0.1) is 11.8 Å². The van der Waals surface area contributed by atoms with Gasteiger partial charge in [-0.25, -0.2) is 9.67 Å².